The van der Waals surface area contributed by atoms with Crippen molar-refractivity contribution in [2.24, 2.45) is 0 Å². The molecule has 0 unspecified atom stereocenters. The van der Waals surface area contributed by atoms with Gasteiger partial charge in [-0.05, 0) is 12.8 Å². The fourth-order valence-electron chi connectivity index (χ4n) is 2.18. The third-order valence-electron chi connectivity index (χ3n) is 2.86. The zero-order valence-electron chi connectivity index (χ0n) is 6.96. The van der Waals surface area contributed by atoms with Crippen molar-refractivity contribution < 1.29 is 4.76 Å². The molecule has 2 saturated heterocycles. The van der Waals surface area contributed by atoms with Gasteiger partial charge in [0.25, 0.3) is 0 Å². The maximum Gasteiger partial charge on any atom is 0.0964 e. The van der Waals surface area contributed by atoms with E-state index in [0.717, 1.165) is 39.0 Å². The Labute approximate surface area is 67.7 Å². The van der Waals surface area contributed by atoms with Crippen LogP contribution in [0.25, 0.3) is 0 Å². The molecular weight excluding hydrogens is 140 g/mol. The van der Waals surface area contributed by atoms with Crippen molar-refractivity contribution in [1.29, 1.82) is 0 Å². The first-order chi connectivity index (χ1) is 5.31. The zero-order valence-corrected chi connectivity index (χ0v) is 6.96. The van der Waals surface area contributed by atoms with Crippen LogP contribution in [0.4, 0.5) is 0 Å². The number of hydrogen-bond donors (Lipinski definition) is 0. The summed E-state index contributed by atoms with van der Waals surface area (Å²) >= 11 is 0. The second-order valence-corrected chi connectivity index (χ2v) is 3.66. The summed E-state index contributed by atoms with van der Waals surface area (Å²) in [5.41, 5.74) is 0. The van der Waals surface area contributed by atoms with Crippen molar-refractivity contribution in [1.82, 2.24) is 5.01 Å². The molecule has 11 heavy (non-hydrogen) atoms. The molecule has 0 aromatic carbocycles. The Morgan fingerprint density at radius 1 is 0.909 bits per heavy atom. The molecule has 0 radical (unpaired) electrons. The second-order valence-electron chi connectivity index (χ2n) is 3.66. The first-order valence-electron chi connectivity index (χ1n) is 4.65. The highest BCUT2D eigenvalue weighted by Gasteiger charge is 2.32. The van der Waals surface area contributed by atoms with Crippen LogP contribution in [0.1, 0.15) is 25.7 Å². The standard InChI is InChI=1S/C8H16N2O/c11-10(7-3-4-8-10)9-5-1-2-6-9/h1-8H2. The Kier molecular flexibility index (Phi) is 1.87. The van der Waals surface area contributed by atoms with Crippen LogP contribution in [-0.2, 0) is 0 Å². The van der Waals surface area contributed by atoms with Crippen molar-refractivity contribution in [3.05, 3.63) is 5.21 Å². The van der Waals surface area contributed by atoms with Crippen LogP contribution in [0, 0.1) is 5.21 Å². The summed E-state index contributed by atoms with van der Waals surface area (Å²) in [6, 6.07) is 0. The predicted octanol–water partition coefficient (Wildman–Crippen LogP) is 1.11. The van der Waals surface area contributed by atoms with Gasteiger partial charge in [-0.2, -0.15) is 5.01 Å². The van der Waals surface area contributed by atoms with Gasteiger partial charge in [0.15, 0.2) is 0 Å². The lowest BCUT2D eigenvalue weighted by Gasteiger charge is -2.44. The molecule has 0 spiro atoms. The monoisotopic (exact) mass is 156 g/mol. The van der Waals surface area contributed by atoms with Crippen LogP contribution in [0.3, 0.4) is 0 Å². The van der Waals surface area contributed by atoms with E-state index < -0.39 is 0 Å². The fourth-order valence-corrected chi connectivity index (χ4v) is 2.18. The van der Waals surface area contributed by atoms with Crippen LogP contribution in [0.2, 0.25) is 0 Å². The minimum atomic E-state index is 0. The summed E-state index contributed by atoms with van der Waals surface area (Å²) in [5.74, 6) is 0. The van der Waals surface area contributed by atoms with Crippen LogP contribution >= 0.6 is 0 Å². The van der Waals surface area contributed by atoms with Crippen molar-refractivity contribution in [3.63, 3.8) is 0 Å². The third-order valence-corrected chi connectivity index (χ3v) is 2.86. The SMILES string of the molecule is [O-][N+]1(N2CCCC2)CCCC1. The first kappa shape index (κ1) is 7.53. The van der Waals surface area contributed by atoms with E-state index in [1.807, 2.05) is 0 Å². The molecule has 0 amide bonds. The summed E-state index contributed by atoms with van der Waals surface area (Å²) in [6.45, 7) is 3.73. The van der Waals surface area contributed by atoms with Gasteiger partial charge >= 0.3 is 0 Å². The van der Waals surface area contributed by atoms with E-state index in [4.69, 9.17) is 0 Å². The summed E-state index contributed by atoms with van der Waals surface area (Å²) < 4.78 is 0. The highest BCUT2D eigenvalue weighted by Crippen LogP contribution is 2.24. The molecule has 2 aliphatic heterocycles. The summed E-state index contributed by atoms with van der Waals surface area (Å²) in [6.07, 6.45) is 4.70. The van der Waals surface area contributed by atoms with Gasteiger partial charge in [-0.25, -0.2) is 0 Å². The third kappa shape index (κ3) is 1.28. The molecule has 2 fully saturated rings. The Morgan fingerprint density at radius 3 is 2.00 bits per heavy atom. The molecule has 3 nitrogen and oxygen atoms in total. The van der Waals surface area contributed by atoms with E-state index >= 15 is 0 Å². The number of hydroxylamine groups is 2. The van der Waals surface area contributed by atoms with Gasteiger partial charge in [0.2, 0.25) is 0 Å². The maximum atomic E-state index is 12.0. The lowest BCUT2D eigenvalue weighted by molar-refractivity contribution is -0.982. The van der Waals surface area contributed by atoms with Crippen LogP contribution < -0.4 is 0 Å². The maximum absolute atomic E-state index is 12.0. The largest absolute Gasteiger partial charge is 0.611 e. The quantitative estimate of drug-likeness (QED) is 0.420. The van der Waals surface area contributed by atoms with E-state index in [1.165, 1.54) is 12.8 Å². The Hall–Kier alpha value is -0.120. The Bertz CT molecular complexity index is 137. The first-order valence-corrected chi connectivity index (χ1v) is 4.65. The smallest absolute Gasteiger partial charge is 0.0964 e. The van der Waals surface area contributed by atoms with Crippen molar-refractivity contribution in [3.8, 4) is 0 Å². The number of nitrogens with zero attached hydrogens (tertiary/aromatic N) is 2. The van der Waals surface area contributed by atoms with E-state index in [1.54, 1.807) is 0 Å². The van der Waals surface area contributed by atoms with E-state index in [9.17, 15) is 5.21 Å². The number of quaternary nitrogens is 1. The number of rotatable bonds is 1. The van der Waals surface area contributed by atoms with Gasteiger partial charge in [-0.3, -0.25) is 4.76 Å². The van der Waals surface area contributed by atoms with Crippen LogP contribution in [0.5, 0.6) is 0 Å². The highest BCUT2D eigenvalue weighted by atomic mass is 16.6. The van der Waals surface area contributed by atoms with Gasteiger partial charge < -0.3 is 5.21 Å². The summed E-state index contributed by atoms with van der Waals surface area (Å²) in [4.78, 5) is 0. The lowest BCUT2D eigenvalue weighted by atomic mass is 10.4. The second kappa shape index (κ2) is 2.73. The topological polar surface area (TPSA) is 26.3 Å². The van der Waals surface area contributed by atoms with Gasteiger partial charge in [0, 0.05) is 25.9 Å². The van der Waals surface area contributed by atoms with Crippen molar-refractivity contribution in [2.75, 3.05) is 26.2 Å². The molecule has 3 heteroatoms. The molecule has 2 aliphatic rings. The predicted molar refractivity (Wildman–Crippen MR) is 43.4 cm³/mol. The van der Waals surface area contributed by atoms with Gasteiger partial charge in [0.05, 0.1) is 13.1 Å². The average Bonchev–Trinajstić information content (AvgIpc) is 2.55. The van der Waals surface area contributed by atoms with Gasteiger partial charge in [-0.15, -0.1) is 0 Å². The summed E-state index contributed by atoms with van der Waals surface area (Å²) in [7, 11) is 0. The average molecular weight is 156 g/mol. The van der Waals surface area contributed by atoms with E-state index in [-0.39, 0.29) is 4.76 Å². The Balaban J connectivity index is 2.00. The molecule has 0 N–H and O–H groups in total. The van der Waals surface area contributed by atoms with Crippen LogP contribution in [-0.4, -0.2) is 35.9 Å². The number of hydrogen-bond acceptors (Lipinski definition) is 2. The van der Waals surface area contributed by atoms with E-state index in [0.29, 0.717) is 0 Å². The molecule has 0 saturated carbocycles. The normalized spacial score (nSPS) is 31.4. The molecular formula is C8H16N2O. The molecule has 0 aliphatic carbocycles. The van der Waals surface area contributed by atoms with Gasteiger partial charge in [-0.1, -0.05) is 0 Å². The van der Waals surface area contributed by atoms with Crippen LogP contribution in [0.15, 0.2) is 0 Å². The van der Waals surface area contributed by atoms with Crippen molar-refractivity contribution in [2.45, 2.75) is 25.7 Å². The molecule has 0 aromatic rings. The summed E-state index contributed by atoms with van der Waals surface area (Å²) in [5, 5.41) is 14.1. The highest BCUT2D eigenvalue weighted by molar-refractivity contribution is 4.62. The fraction of sp³-hybridized carbons (Fsp3) is 1.00. The molecule has 2 heterocycles. The Morgan fingerprint density at radius 2 is 1.45 bits per heavy atom. The molecule has 0 aromatic heterocycles. The lowest BCUT2D eigenvalue weighted by Crippen LogP contribution is -2.52. The van der Waals surface area contributed by atoms with Crippen molar-refractivity contribution >= 4 is 0 Å². The molecule has 2 rings (SSSR count). The molecule has 64 valence electrons. The van der Waals surface area contributed by atoms with E-state index in [2.05, 4.69) is 5.01 Å². The molecule has 0 atom stereocenters. The molecule has 0 bridgehead atoms. The minimum absolute atomic E-state index is 0. The van der Waals surface area contributed by atoms with Gasteiger partial charge in [0.1, 0.15) is 0 Å². The zero-order chi connectivity index (χ0) is 7.73. The minimum Gasteiger partial charge on any atom is -0.611 e.